The Morgan fingerprint density at radius 1 is 1.78 bits per heavy atom. The molecule has 50 valence electrons. The van der Waals surface area contributed by atoms with Crippen molar-refractivity contribution in [3.8, 4) is 0 Å². The lowest BCUT2D eigenvalue weighted by Crippen LogP contribution is -2.22. The Balaban J connectivity index is 2.48. The predicted octanol–water partition coefficient (Wildman–Crippen LogP) is -0.375. The topological polar surface area (TPSA) is 56.7 Å². The molecule has 1 rings (SSSR count). The maximum absolute atomic E-state index is 5.50. The molecule has 0 aromatic carbocycles. The molecule has 2 N–H and O–H groups in total. The Bertz CT molecular complexity index is 155. The Hall–Kier alpha value is -0.900. The number of hydrogen-bond acceptors (Lipinski definition) is 3. The lowest BCUT2D eigenvalue weighted by Gasteiger charge is -2.01. The number of nitrogens with two attached hydrogens (primary N) is 1. The number of nitrogens with zero attached hydrogens (tertiary/aromatic N) is 3. The van der Waals surface area contributed by atoms with Crippen LogP contribution in [0.5, 0.6) is 0 Å². The summed E-state index contributed by atoms with van der Waals surface area (Å²) in [5.74, 6) is 0. The number of aromatic nitrogens is 3. The summed E-state index contributed by atoms with van der Waals surface area (Å²) in [6.07, 6.45) is 3.16. The van der Waals surface area contributed by atoms with Gasteiger partial charge in [-0.2, -0.15) is 5.10 Å². The number of hydrogen-bond donors (Lipinski definition) is 1. The van der Waals surface area contributed by atoms with Crippen LogP contribution in [0.3, 0.4) is 0 Å². The van der Waals surface area contributed by atoms with Gasteiger partial charge in [0.15, 0.2) is 0 Å². The van der Waals surface area contributed by atoms with E-state index < -0.39 is 0 Å². The monoisotopic (exact) mass is 126 g/mol. The van der Waals surface area contributed by atoms with Crippen LogP contribution in [0.1, 0.15) is 6.92 Å². The fourth-order valence-corrected chi connectivity index (χ4v) is 0.622. The van der Waals surface area contributed by atoms with Gasteiger partial charge in [-0.05, 0) is 6.92 Å². The molecule has 0 spiro atoms. The summed E-state index contributed by atoms with van der Waals surface area (Å²) in [5.41, 5.74) is 5.50. The second kappa shape index (κ2) is 2.59. The normalized spacial score (nSPS) is 13.6. The van der Waals surface area contributed by atoms with Crippen LogP contribution >= 0.6 is 0 Å². The minimum absolute atomic E-state index is 0.145. The van der Waals surface area contributed by atoms with Gasteiger partial charge < -0.3 is 5.73 Å². The summed E-state index contributed by atoms with van der Waals surface area (Å²) in [6.45, 7) is 2.67. The molecule has 0 saturated carbocycles. The van der Waals surface area contributed by atoms with Crippen molar-refractivity contribution in [1.29, 1.82) is 0 Å². The first-order valence-corrected chi connectivity index (χ1v) is 2.87. The second-order valence-electron chi connectivity index (χ2n) is 2.09. The van der Waals surface area contributed by atoms with Gasteiger partial charge in [-0.3, -0.25) is 4.68 Å². The largest absolute Gasteiger partial charge is 0.326 e. The lowest BCUT2D eigenvalue weighted by molar-refractivity contribution is 0.537. The van der Waals surface area contributed by atoms with Gasteiger partial charge in [0.1, 0.15) is 12.7 Å². The van der Waals surface area contributed by atoms with Crippen LogP contribution in [0.15, 0.2) is 12.7 Å². The van der Waals surface area contributed by atoms with E-state index in [1.807, 2.05) is 6.92 Å². The third kappa shape index (κ3) is 1.81. The summed E-state index contributed by atoms with van der Waals surface area (Å²) >= 11 is 0. The van der Waals surface area contributed by atoms with Crippen LogP contribution in [0.25, 0.3) is 0 Å². The molecule has 0 aliphatic carbocycles. The van der Waals surface area contributed by atoms with Crippen LogP contribution in [-0.2, 0) is 6.54 Å². The summed E-state index contributed by atoms with van der Waals surface area (Å²) in [5, 5.41) is 3.88. The first-order valence-electron chi connectivity index (χ1n) is 2.87. The number of rotatable bonds is 2. The van der Waals surface area contributed by atoms with Crippen molar-refractivity contribution in [2.75, 3.05) is 0 Å². The lowest BCUT2D eigenvalue weighted by atomic mass is 10.4. The molecule has 4 heteroatoms. The van der Waals surface area contributed by atoms with E-state index >= 15 is 0 Å². The first kappa shape index (κ1) is 6.22. The van der Waals surface area contributed by atoms with Gasteiger partial charge in [0.2, 0.25) is 0 Å². The van der Waals surface area contributed by atoms with E-state index in [1.54, 1.807) is 11.0 Å². The molecular weight excluding hydrogens is 116 g/mol. The highest BCUT2D eigenvalue weighted by Crippen LogP contribution is 1.82. The Kier molecular flexibility index (Phi) is 1.79. The maximum Gasteiger partial charge on any atom is 0.137 e. The average Bonchev–Trinajstić information content (AvgIpc) is 2.15. The fourth-order valence-electron chi connectivity index (χ4n) is 0.622. The highest BCUT2D eigenvalue weighted by atomic mass is 15.3. The van der Waals surface area contributed by atoms with Gasteiger partial charge in [0.05, 0.1) is 6.54 Å². The third-order valence-electron chi connectivity index (χ3n) is 0.942. The molecule has 1 aromatic rings. The van der Waals surface area contributed by atoms with E-state index in [1.165, 1.54) is 6.33 Å². The highest BCUT2D eigenvalue weighted by molar-refractivity contribution is 4.59. The van der Waals surface area contributed by atoms with Crippen LogP contribution in [0.4, 0.5) is 0 Å². The fraction of sp³-hybridized carbons (Fsp3) is 0.600. The smallest absolute Gasteiger partial charge is 0.137 e. The van der Waals surface area contributed by atoms with Crippen molar-refractivity contribution < 1.29 is 0 Å². The summed E-state index contributed by atoms with van der Waals surface area (Å²) in [4.78, 5) is 3.77. The van der Waals surface area contributed by atoms with E-state index in [4.69, 9.17) is 5.73 Å². The zero-order chi connectivity index (χ0) is 6.69. The van der Waals surface area contributed by atoms with E-state index in [0.29, 0.717) is 0 Å². The molecule has 1 heterocycles. The van der Waals surface area contributed by atoms with Crippen LogP contribution in [-0.4, -0.2) is 20.8 Å². The predicted molar refractivity (Wildman–Crippen MR) is 33.7 cm³/mol. The minimum Gasteiger partial charge on any atom is -0.326 e. The molecule has 0 bridgehead atoms. The zero-order valence-corrected chi connectivity index (χ0v) is 5.36. The van der Waals surface area contributed by atoms with E-state index in [2.05, 4.69) is 10.1 Å². The van der Waals surface area contributed by atoms with E-state index in [-0.39, 0.29) is 6.04 Å². The van der Waals surface area contributed by atoms with Crippen LogP contribution in [0.2, 0.25) is 0 Å². The molecular formula is C5H10N4. The average molecular weight is 126 g/mol. The zero-order valence-electron chi connectivity index (χ0n) is 5.36. The second-order valence-corrected chi connectivity index (χ2v) is 2.09. The highest BCUT2D eigenvalue weighted by Gasteiger charge is 1.93. The van der Waals surface area contributed by atoms with Crippen molar-refractivity contribution in [3.05, 3.63) is 12.7 Å². The van der Waals surface area contributed by atoms with Gasteiger partial charge in [0.25, 0.3) is 0 Å². The Morgan fingerprint density at radius 2 is 2.56 bits per heavy atom. The van der Waals surface area contributed by atoms with Gasteiger partial charge in [-0.25, -0.2) is 4.98 Å². The van der Waals surface area contributed by atoms with E-state index in [9.17, 15) is 0 Å². The third-order valence-corrected chi connectivity index (χ3v) is 0.942. The standard InChI is InChI=1S/C5H10N4/c1-5(6)2-9-4-7-3-8-9/h3-5H,2,6H2,1H3/t5-/m1/s1. The first-order chi connectivity index (χ1) is 4.29. The maximum atomic E-state index is 5.50. The van der Waals surface area contributed by atoms with Crippen molar-refractivity contribution in [1.82, 2.24) is 14.8 Å². The summed E-state index contributed by atoms with van der Waals surface area (Å²) < 4.78 is 1.71. The van der Waals surface area contributed by atoms with Crippen molar-refractivity contribution in [3.63, 3.8) is 0 Å². The van der Waals surface area contributed by atoms with Gasteiger partial charge in [-0.15, -0.1) is 0 Å². The molecule has 9 heavy (non-hydrogen) atoms. The van der Waals surface area contributed by atoms with Gasteiger partial charge in [0, 0.05) is 6.04 Å². The van der Waals surface area contributed by atoms with Crippen molar-refractivity contribution in [2.24, 2.45) is 5.73 Å². The Morgan fingerprint density at radius 3 is 3.00 bits per heavy atom. The summed E-state index contributed by atoms with van der Waals surface area (Å²) in [7, 11) is 0. The quantitative estimate of drug-likeness (QED) is 0.588. The molecule has 4 nitrogen and oxygen atoms in total. The molecule has 0 saturated heterocycles. The van der Waals surface area contributed by atoms with Crippen LogP contribution in [0, 0.1) is 0 Å². The molecule has 1 atom stereocenters. The van der Waals surface area contributed by atoms with Crippen molar-refractivity contribution >= 4 is 0 Å². The SMILES string of the molecule is C[C@@H](N)Cn1cncn1. The van der Waals surface area contributed by atoms with Gasteiger partial charge in [-0.1, -0.05) is 0 Å². The molecule has 0 aliphatic rings. The Labute approximate surface area is 53.7 Å². The molecule has 0 amide bonds. The molecule has 0 radical (unpaired) electrons. The minimum atomic E-state index is 0.145. The van der Waals surface area contributed by atoms with E-state index in [0.717, 1.165) is 6.54 Å². The van der Waals surface area contributed by atoms with Gasteiger partial charge >= 0.3 is 0 Å². The molecule has 0 aliphatic heterocycles. The molecule has 0 unspecified atom stereocenters. The summed E-state index contributed by atoms with van der Waals surface area (Å²) in [6, 6.07) is 0.145. The molecule has 1 aromatic heterocycles. The molecule has 0 fully saturated rings. The van der Waals surface area contributed by atoms with Crippen molar-refractivity contribution in [2.45, 2.75) is 19.5 Å². The van der Waals surface area contributed by atoms with Crippen LogP contribution < -0.4 is 5.73 Å².